The van der Waals surface area contributed by atoms with Crippen LogP contribution >= 0.6 is 0 Å². The summed E-state index contributed by atoms with van der Waals surface area (Å²) in [5.41, 5.74) is 4.19. The normalized spacial score (nSPS) is 13.4. The second-order valence-electron chi connectivity index (χ2n) is 4.60. The fourth-order valence-electron chi connectivity index (χ4n) is 2.30. The maximum absolute atomic E-state index is 5.32. The maximum Gasteiger partial charge on any atom is 0.258 e. The molecule has 0 saturated carbocycles. The molecule has 0 spiro atoms. The highest BCUT2D eigenvalue weighted by Gasteiger charge is 2.15. The Hall–Kier alpha value is -2.60. The highest BCUT2D eigenvalue weighted by molar-refractivity contribution is 5.59. The van der Waals surface area contributed by atoms with Crippen LogP contribution in [-0.2, 0) is 13.1 Å². The Morgan fingerprint density at radius 3 is 2.95 bits per heavy atom. The Balaban J connectivity index is 1.72. The molecule has 6 heteroatoms. The molecular formula is C14H11N5O. The standard InChI is InChI=1S/C14H11N5O/c1-2-10-6-16-7-11(10)5-9(1)14-18-13(19-20-14)12-3-4-15-8-17-12/h1-5,8,16H,6-7H2. The predicted octanol–water partition coefficient (Wildman–Crippen LogP) is 1.80. The third-order valence-corrected chi connectivity index (χ3v) is 3.32. The van der Waals surface area contributed by atoms with E-state index in [0.29, 0.717) is 17.4 Å². The summed E-state index contributed by atoms with van der Waals surface area (Å²) in [7, 11) is 0. The van der Waals surface area contributed by atoms with Crippen LogP contribution in [0.5, 0.6) is 0 Å². The largest absolute Gasteiger partial charge is 0.334 e. The lowest BCUT2D eigenvalue weighted by molar-refractivity contribution is 0.432. The molecule has 1 aliphatic rings. The van der Waals surface area contributed by atoms with Crippen LogP contribution in [0.1, 0.15) is 11.1 Å². The Morgan fingerprint density at radius 2 is 2.05 bits per heavy atom. The molecule has 3 aromatic rings. The quantitative estimate of drug-likeness (QED) is 0.761. The summed E-state index contributed by atoms with van der Waals surface area (Å²) in [5.74, 6) is 0.981. The molecule has 1 aliphatic heterocycles. The number of nitrogens with zero attached hydrogens (tertiary/aromatic N) is 4. The van der Waals surface area contributed by atoms with Gasteiger partial charge in [0.05, 0.1) is 0 Å². The second-order valence-corrected chi connectivity index (χ2v) is 4.60. The van der Waals surface area contributed by atoms with Crippen LogP contribution in [0, 0.1) is 0 Å². The smallest absolute Gasteiger partial charge is 0.258 e. The Kier molecular flexibility index (Phi) is 2.53. The van der Waals surface area contributed by atoms with Crippen LogP contribution in [0.25, 0.3) is 23.0 Å². The maximum atomic E-state index is 5.32. The van der Waals surface area contributed by atoms with Crippen molar-refractivity contribution in [2.24, 2.45) is 0 Å². The number of nitrogens with one attached hydrogen (secondary N) is 1. The monoisotopic (exact) mass is 265 g/mol. The van der Waals surface area contributed by atoms with E-state index < -0.39 is 0 Å². The molecule has 2 aromatic heterocycles. The molecule has 0 fully saturated rings. The van der Waals surface area contributed by atoms with E-state index in [0.717, 1.165) is 18.7 Å². The Bertz CT molecular complexity index is 753. The molecule has 1 N–H and O–H groups in total. The van der Waals surface area contributed by atoms with E-state index in [1.54, 1.807) is 12.3 Å². The van der Waals surface area contributed by atoms with Crippen molar-refractivity contribution in [2.75, 3.05) is 0 Å². The van der Waals surface area contributed by atoms with E-state index >= 15 is 0 Å². The molecular weight excluding hydrogens is 254 g/mol. The lowest BCUT2D eigenvalue weighted by Gasteiger charge is -1.99. The van der Waals surface area contributed by atoms with E-state index in [2.05, 4.69) is 37.6 Å². The van der Waals surface area contributed by atoms with Crippen LogP contribution in [-0.4, -0.2) is 20.1 Å². The van der Waals surface area contributed by atoms with Crippen molar-refractivity contribution in [3.8, 4) is 23.0 Å². The number of benzene rings is 1. The number of hydrogen-bond acceptors (Lipinski definition) is 6. The van der Waals surface area contributed by atoms with Crippen LogP contribution in [0.2, 0.25) is 0 Å². The molecule has 0 amide bonds. The SMILES string of the molecule is c1cc(-c2noc(-c3ccc4c(c3)CNC4)n2)ncn1. The number of aromatic nitrogens is 4. The van der Waals surface area contributed by atoms with Gasteiger partial charge in [-0.3, -0.25) is 0 Å². The second kappa shape index (κ2) is 4.50. The summed E-state index contributed by atoms with van der Waals surface area (Å²) in [6.45, 7) is 1.81. The Morgan fingerprint density at radius 1 is 1.10 bits per heavy atom. The van der Waals surface area contributed by atoms with Crippen molar-refractivity contribution >= 4 is 0 Å². The number of rotatable bonds is 2. The molecule has 98 valence electrons. The molecule has 0 atom stereocenters. The van der Waals surface area contributed by atoms with Crippen molar-refractivity contribution in [3.05, 3.63) is 47.9 Å². The molecule has 0 saturated heterocycles. The summed E-state index contributed by atoms with van der Waals surface area (Å²) < 4.78 is 5.32. The zero-order chi connectivity index (χ0) is 13.4. The lowest BCUT2D eigenvalue weighted by atomic mass is 10.1. The number of fused-ring (bicyclic) bond motifs is 1. The summed E-state index contributed by atoms with van der Waals surface area (Å²) in [5, 5.41) is 7.28. The van der Waals surface area contributed by atoms with Gasteiger partial charge >= 0.3 is 0 Å². The molecule has 20 heavy (non-hydrogen) atoms. The first-order chi connectivity index (χ1) is 9.90. The van der Waals surface area contributed by atoms with Gasteiger partial charge in [0.1, 0.15) is 12.0 Å². The van der Waals surface area contributed by atoms with Gasteiger partial charge in [-0.1, -0.05) is 11.2 Å². The van der Waals surface area contributed by atoms with Crippen molar-refractivity contribution in [1.82, 2.24) is 25.4 Å². The minimum Gasteiger partial charge on any atom is -0.334 e. The van der Waals surface area contributed by atoms with E-state index in [4.69, 9.17) is 4.52 Å². The average Bonchev–Trinajstić information content (AvgIpc) is 3.16. The average molecular weight is 265 g/mol. The van der Waals surface area contributed by atoms with Gasteiger partial charge in [-0.05, 0) is 29.3 Å². The fraction of sp³-hybridized carbons (Fsp3) is 0.143. The van der Waals surface area contributed by atoms with E-state index in [-0.39, 0.29) is 0 Å². The van der Waals surface area contributed by atoms with Crippen LogP contribution in [0.4, 0.5) is 0 Å². The Labute approximate surface area is 114 Å². The van der Waals surface area contributed by atoms with Crippen molar-refractivity contribution in [1.29, 1.82) is 0 Å². The molecule has 4 rings (SSSR count). The van der Waals surface area contributed by atoms with Gasteiger partial charge in [0.15, 0.2) is 0 Å². The molecule has 6 nitrogen and oxygen atoms in total. The zero-order valence-corrected chi connectivity index (χ0v) is 10.6. The fourth-order valence-corrected chi connectivity index (χ4v) is 2.30. The molecule has 0 radical (unpaired) electrons. The topological polar surface area (TPSA) is 76.7 Å². The van der Waals surface area contributed by atoms with Gasteiger partial charge in [-0.2, -0.15) is 4.98 Å². The van der Waals surface area contributed by atoms with Gasteiger partial charge < -0.3 is 9.84 Å². The van der Waals surface area contributed by atoms with Gasteiger partial charge in [0.2, 0.25) is 5.82 Å². The molecule has 1 aromatic carbocycles. The predicted molar refractivity (Wildman–Crippen MR) is 71.3 cm³/mol. The minimum absolute atomic E-state index is 0.473. The van der Waals surface area contributed by atoms with Crippen molar-refractivity contribution in [3.63, 3.8) is 0 Å². The van der Waals surface area contributed by atoms with Gasteiger partial charge in [0, 0.05) is 24.8 Å². The first-order valence-electron chi connectivity index (χ1n) is 6.33. The van der Waals surface area contributed by atoms with Crippen LogP contribution in [0.3, 0.4) is 0 Å². The van der Waals surface area contributed by atoms with Gasteiger partial charge in [-0.25, -0.2) is 9.97 Å². The van der Waals surface area contributed by atoms with Crippen LogP contribution < -0.4 is 5.32 Å². The van der Waals surface area contributed by atoms with Gasteiger partial charge in [0.25, 0.3) is 5.89 Å². The number of hydrogen-bond donors (Lipinski definition) is 1. The third-order valence-electron chi connectivity index (χ3n) is 3.32. The van der Waals surface area contributed by atoms with E-state index in [1.807, 2.05) is 6.07 Å². The minimum atomic E-state index is 0.473. The van der Waals surface area contributed by atoms with Gasteiger partial charge in [-0.15, -0.1) is 0 Å². The summed E-state index contributed by atoms with van der Waals surface area (Å²) >= 11 is 0. The summed E-state index contributed by atoms with van der Waals surface area (Å²) in [6, 6.07) is 7.94. The first kappa shape index (κ1) is 11.2. The van der Waals surface area contributed by atoms with E-state index in [9.17, 15) is 0 Å². The summed E-state index contributed by atoms with van der Waals surface area (Å²) in [4.78, 5) is 12.4. The highest BCUT2D eigenvalue weighted by Crippen LogP contribution is 2.25. The van der Waals surface area contributed by atoms with Crippen molar-refractivity contribution < 1.29 is 4.52 Å². The lowest BCUT2D eigenvalue weighted by Crippen LogP contribution is -1.99. The molecule has 0 unspecified atom stereocenters. The third kappa shape index (κ3) is 1.86. The first-order valence-corrected chi connectivity index (χ1v) is 6.33. The zero-order valence-electron chi connectivity index (χ0n) is 10.6. The molecule has 0 aliphatic carbocycles. The summed E-state index contributed by atoms with van der Waals surface area (Å²) in [6.07, 6.45) is 3.12. The van der Waals surface area contributed by atoms with Crippen LogP contribution in [0.15, 0.2) is 41.3 Å². The van der Waals surface area contributed by atoms with E-state index in [1.165, 1.54) is 17.5 Å². The highest BCUT2D eigenvalue weighted by atomic mass is 16.5. The molecule has 0 bridgehead atoms. The van der Waals surface area contributed by atoms with Crippen molar-refractivity contribution in [2.45, 2.75) is 13.1 Å². The molecule has 3 heterocycles.